The number of nitrogens with zero attached hydrogens (tertiary/aromatic N) is 1. The van der Waals surface area contributed by atoms with Crippen molar-refractivity contribution < 1.29 is 14.3 Å². The Morgan fingerprint density at radius 3 is 2.78 bits per heavy atom. The molecule has 5 nitrogen and oxygen atoms in total. The van der Waals surface area contributed by atoms with Crippen LogP contribution in [0.25, 0.3) is 0 Å². The average molecular weight is 450 g/mol. The number of rotatable bonds is 3. The minimum absolute atomic E-state index is 0.0485. The van der Waals surface area contributed by atoms with Crippen LogP contribution < -0.4 is 15.0 Å². The standard InChI is InChI=1S/C20H18BrClN2O3/c21-13-1-6-18-16(10-13)17(7-8-27-18)23-20(26)12-9-19(25)24(11-12)15-4-2-14(22)3-5-15/h1-6,10,12,17H,7-9,11H2,(H,23,26). The van der Waals surface area contributed by atoms with Gasteiger partial charge in [-0.15, -0.1) is 0 Å². The molecule has 7 heteroatoms. The second-order valence-corrected chi connectivity index (χ2v) is 8.11. The van der Waals surface area contributed by atoms with E-state index in [2.05, 4.69) is 21.2 Å². The smallest absolute Gasteiger partial charge is 0.227 e. The highest BCUT2D eigenvalue weighted by molar-refractivity contribution is 9.10. The van der Waals surface area contributed by atoms with Crippen LogP contribution in [0.5, 0.6) is 5.75 Å². The van der Waals surface area contributed by atoms with Gasteiger partial charge in [0.1, 0.15) is 5.75 Å². The van der Waals surface area contributed by atoms with E-state index in [9.17, 15) is 9.59 Å². The lowest BCUT2D eigenvalue weighted by Gasteiger charge is -2.28. The first-order valence-electron chi connectivity index (χ1n) is 8.80. The van der Waals surface area contributed by atoms with Crippen LogP contribution in [0, 0.1) is 5.92 Å². The van der Waals surface area contributed by atoms with Crippen LogP contribution >= 0.6 is 27.5 Å². The van der Waals surface area contributed by atoms with E-state index in [0.717, 1.165) is 21.5 Å². The maximum atomic E-state index is 12.8. The zero-order valence-electron chi connectivity index (χ0n) is 14.5. The second kappa shape index (κ2) is 7.52. The molecule has 4 rings (SSSR count). The van der Waals surface area contributed by atoms with Gasteiger partial charge in [-0.2, -0.15) is 0 Å². The fourth-order valence-electron chi connectivity index (χ4n) is 3.56. The Hall–Kier alpha value is -2.05. The lowest BCUT2D eigenvalue weighted by atomic mass is 9.99. The number of nitrogens with one attached hydrogen (secondary N) is 1. The number of anilines is 1. The topological polar surface area (TPSA) is 58.6 Å². The molecule has 2 aliphatic heterocycles. The summed E-state index contributed by atoms with van der Waals surface area (Å²) in [4.78, 5) is 26.9. The molecule has 2 heterocycles. The number of carbonyl (C=O) groups excluding carboxylic acids is 2. The molecule has 27 heavy (non-hydrogen) atoms. The van der Waals surface area contributed by atoms with Gasteiger partial charge in [-0.25, -0.2) is 0 Å². The van der Waals surface area contributed by atoms with Crippen molar-refractivity contribution in [2.75, 3.05) is 18.1 Å². The number of halogens is 2. The van der Waals surface area contributed by atoms with Gasteiger partial charge in [0.15, 0.2) is 0 Å². The zero-order chi connectivity index (χ0) is 19.0. The molecule has 2 amide bonds. The molecule has 0 saturated carbocycles. The molecule has 2 unspecified atom stereocenters. The molecule has 140 valence electrons. The van der Waals surface area contributed by atoms with Crippen molar-refractivity contribution in [1.82, 2.24) is 5.32 Å². The Labute approximate surface area is 170 Å². The van der Waals surface area contributed by atoms with Crippen molar-refractivity contribution in [3.8, 4) is 5.75 Å². The van der Waals surface area contributed by atoms with Crippen molar-refractivity contribution in [2.45, 2.75) is 18.9 Å². The fraction of sp³-hybridized carbons (Fsp3) is 0.300. The summed E-state index contributed by atoms with van der Waals surface area (Å²) in [5.74, 6) is 0.275. The third-order valence-corrected chi connectivity index (χ3v) is 5.71. The molecule has 0 spiro atoms. The number of benzene rings is 2. The maximum absolute atomic E-state index is 12.8. The molecule has 0 aromatic heterocycles. The summed E-state index contributed by atoms with van der Waals surface area (Å²) in [6.45, 7) is 0.931. The highest BCUT2D eigenvalue weighted by Gasteiger charge is 2.36. The average Bonchev–Trinajstić information content (AvgIpc) is 3.05. The first-order valence-corrected chi connectivity index (χ1v) is 9.97. The number of ether oxygens (including phenoxy) is 1. The van der Waals surface area contributed by atoms with Gasteiger partial charge >= 0.3 is 0 Å². The van der Waals surface area contributed by atoms with Gasteiger partial charge in [-0.05, 0) is 42.5 Å². The number of fused-ring (bicyclic) bond motifs is 1. The summed E-state index contributed by atoms with van der Waals surface area (Å²) in [7, 11) is 0. The molecule has 2 atom stereocenters. The highest BCUT2D eigenvalue weighted by Crippen LogP contribution is 2.35. The van der Waals surface area contributed by atoms with E-state index in [4.69, 9.17) is 16.3 Å². The van der Waals surface area contributed by atoms with E-state index < -0.39 is 0 Å². The van der Waals surface area contributed by atoms with E-state index >= 15 is 0 Å². The van der Waals surface area contributed by atoms with E-state index in [-0.39, 0.29) is 30.2 Å². The third kappa shape index (κ3) is 3.82. The summed E-state index contributed by atoms with van der Waals surface area (Å²) in [6.07, 6.45) is 0.916. The normalized spacial score (nSPS) is 21.6. The maximum Gasteiger partial charge on any atom is 0.227 e. The molecule has 2 aromatic rings. The minimum atomic E-state index is -0.369. The zero-order valence-corrected chi connectivity index (χ0v) is 16.8. The van der Waals surface area contributed by atoms with Crippen LogP contribution in [0.4, 0.5) is 5.69 Å². The Kier molecular flexibility index (Phi) is 5.10. The van der Waals surface area contributed by atoms with Gasteiger partial charge in [-0.3, -0.25) is 9.59 Å². The van der Waals surface area contributed by atoms with Crippen molar-refractivity contribution in [2.24, 2.45) is 5.92 Å². The summed E-state index contributed by atoms with van der Waals surface area (Å²) >= 11 is 9.38. The lowest BCUT2D eigenvalue weighted by Crippen LogP contribution is -2.37. The van der Waals surface area contributed by atoms with Gasteiger partial charge in [-0.1, -0.05) is 27.5 Å². The monoisotopic (exact) mass is 448 g/mol. The largest absolute Gasteiger partial charge is 0.493 e. The van der Waals surface area contributed by atoms with E-state index in [0.29, 0.717) is 24.6 Å². The SMILES string of the molecule is O=C(NC1CCOc2ccc(Br)cc21)C1CC(=O)N(c2ccc(Cl)cc2)C1. The Bertz CT molecular complexity index is 887. The van der Waals surface area contributed by atoms with E-state index in [1.807, 2.05) is 18.2 Å². The predicted octanol–water partition coefficient (Wildman–Crippen LogP) is 4.10. The molecule has 1 N–H and O–H groups in total. The molecular formula is C20H18BrClN2O3. The molecule has 2 aliphatic rings. The summed E-state index contributed by atoms with van der Waals surface area (Å²) in [5.41, 5.74) is 1.72. The molecule has 2 aromatic carbocycles. The van der Waals surface area contributed by atoms with E-state index in [1.54, 1.807) is 29.2 Å². The number of amides is 2. The first kappa shape index (κ1) is 18.3. The lowest BCUT2D eigenvalue weighted by molar-refractivity contribution is -0.127. The van der Waals surface area contributed by atoms with Crippen molar-refractivity contribution >= 4 is 45.0 Å². The Morgan fingerprint density at radius 1 is 1.22 bits per heavy atom. The fourth-order valence-corrected chi connectivity index (χ4v) is 4.06. The number of hydrogen-bond donors (Lipinski definition) is 1. The number of hydrogen-bond acceptors (Lipinski definition) is 3. The Balaban J connectivity index is 1.46. The van der Waals surface area contributed by atoms with Crippen molar-refractivity contribution in [3.05, 3.63) is 57.5 Å². The first-order chi connectivity index (χ1) is 13.0. The quantitative estimate of drug-likeness (QED) is 0.768. The van der Waals surface area contributed by atoms with Crippen molar-refractivity contribution in [1.29, 1.82) is 0 Å². The van der Waals surface area contributed by atoms with Crippen LogP contribution in [-0.2, 0) is 9.59 Å². The molecular weight excluding hydrogens is 432 g/mol. The van der Waals surface area contributed by atoms with Crippen LogP contribution in [0.1, 0.15) is 24.4 Å². The highest BCUT2D eigenvalue weighted by atomic mass is 79.9. The molecule has 0 bridgehead atoms. The predicted molar refractivity (Wildman–Crippen MR) is 107 cm³/mol. The van der Waals surface area contributed by atoms with Gasteiger partial charge in [0.25, 0.3) is 0 Å². The number of carbonyl (C=O) groups is 2. The molecule has 0 aliphatic carbocycles. The minimum Gasteiger partial charge on any atom is -0.493 e. The van der Waals surface area contributed by atoms with Crippen molar-refractivity contribution in [3.63, 3.8) is 0 Å². The molecule has 1 fully saturated rings. The second-order valence-electron chi connectivity index (χ2n) is 6.76. The van der Waals surface area contributed by atoms with Gasteiger partial charge in [0, 0.05) is 40.1 Å². The van der Waals surface area contributed by atoms with Gasteiger partial charge < -0.3 is 15.0 Å². The Morgan fingerprint density at radius 2 is 2.00 bits per heavy atom. The van der Waals surface area contributed by atoms with Gasteiger partial charge in [0.2, 0.25) is 11.8 Å². The summed E-state index contributed by atoms with van der Waals surface area (Å²) in [5, 5.41) is 3.72. The summed E-state index contributed by atoms with van der Waals surface area (Å²) in [6, 6.07) is 12.8. The molecule has 0 radical (unpaired) electrons. The van der Waals surface area contributed by atoms with Crippen LogP contribution in [0.15, 0.2) is 46.9 Å². The van der Waals surface area contributed by atoms with Gasteiger partial charge in [0.05, 0.1) is 18.6 Å². The van der Waals surface area contributed by atoms with Crippen LogP contribution in [0.3, 0.4) is 0 Å². The third-order valence-electron chi connectivity index (χ3n) is 4.96. The van der Waals surface area contributed by atoms with Crippen LogP contribution in [0.2, 0.25) is 5.02 Å². The van der Waals surface area contributed by atoms with Crippen LogP contribution in [-0.4, -0.2) is 25.0 Å². The van der Waals surface area contributed by atoms with E-state index in [1.165, 1.54) is 0 Å². The summed E-state index contributed by atoms with van der Waals surface area (Å²) < 4.78 is 6.61. The molecule has 1 saturated heterocycles.